The number of aliphatic hydroxyl groups is 4. The summed E-state index contributed by atoms with van der Waals surface area (Å²) in [4.78, 5) is 38.9. The van der Waals surface area contributed by atoms with Crippen molar-refractivity contribution in [2.24, 2.45) is 5.73 Å². The van der Waals surface area contributed by atoms with E-state index in [4.69, 9.17) is 15.9 Å². The Labute approximate surface area is 207 Å². The molecule has 10 nitrogen and oxygen atoms in total. The third kappa shape index (κ3) is 6.57. The number of primary amides is 1. The van der Waals surface area contributed by atoms with E-state index in [9.17, 15) is 24.6 Å². The summed E-state index contributed by atoms with van der Waals surface area (Å²) >= 11 is 5.41. The van der Waals surface area contributed by atoms with E-state index in [0.717, 1.165) is 4.90 Å². The molecule has 0 aliphatic carbocycles. The van der Waals surface area contributed by atoms with Crippen LogP contribution in [0.1, 0.15) is 31.1 Å². The van der Waals surface area contributed by atoms with Gasteiger partial charge in [0.05, 0.1) is 42.1 Å². The average Bonchev–Trinajstić information content (AvgIpc) is 2.65. The van der Waals surface area contributed by atoms with Crippen LogP contribution < -0.4 is 11.1 Å². The molecule has 2 atom stereocenters. The highest BCUT2D eigenvalue weighted by atomic mass is 127. The molecule has 0 saturated carbocycles. The molecular formula is C16H20I3N3O7. The number of nitrogens with one attached hydrogen (secondary N) is 1. The summed E-state index contributed by atoms with van der Waals surface area (Å²) in [5, 5.41) is 39.4. The lowest BCUT2D eigenvalue weighted by Crippen LogP contribution is -2.38. The number of nitrogens with zero attached hydrogens (tertiary/aromatic N) is 1. The van der Waals surface area contributed by atoms with Crippen LogP contribution in [0.4, 0.5) is 0 Å². The Morgan fingerprint density at radius 2 is 1.45 bits per heavy atom. The smallest absolute Gasteiger partial charge is 0.255 e. The van der Waals surface area contributed by atoms with Gasteiger partial charge in [-0.1, -0.05) is 0 Å². The molecule has 162 valence electrons. The number of carbonyl (C=O) groups is 3. The number of likely N-dealkylation sites (N-methyl/N-ethyl adjacent to an activating group) is 1. The van der Waals surface area contributed by atoms with E-state index >= 15 is 0 Å². The molecule has 1 aromatic rings. The number of hydrogen-bond acceptors (Lipinski definition) is 7. The summed E-state index contributed by atoms with van der Waals surface area (Å²) in [5.74, 6) is -2.06. The predicted octanol–water partition coefficient (Wildman–Crippen LogP) is -0.892. The number of amides is 3. The van der Waals surface area contributed by atoms with Gasteiger partial charge in [0, 0.05) is 30.8 Å². The maximum absolute atomic E-state index is 13.0. The maximum Gasteiger partial charge on any atom is 0.255 e. The van der Waals surface area contributed by atoms with Gasteiger partial charge in [0.1, 0.15) is 0 Å². The minimum Gasteiger partial charge on any atom is -0.394 e. The van der Waals surface area contributed by atoms with E-state index in [1.807, 2.05) is 22.6 Å². The fourth-order valence-corrected chi connectivity index (χ4v) is 6.93. The number of benzene rings is 1. The molecule has 0 saturated heterocycles. The first-order chi connectivity index (χ1) is 13.5. The van der Waals surface area contributed by atoms with Crippen LogP contribution in [0.15, 0.2) is 0 Å². The molecule has 0 unspecified atom stereocenters. The molecule has 0 aliphatic heterocycles. The van der Waals surface area contributed by atoms with Crippen LogP contribution in [0.3, 0.4) is 0 Å². The number of halogens is 3. The van der Waals surface area contributed by atoms with Gasteiger partial charge in [-0.05, 0) is 67.8 Å². The Morgan fingerprint density at radius 1 is 0.966 bits per heavy atom. The second-order valence-electron chi connectivity index (χ2n) is 6.00. The van der Waals surface area contributed by atoms with E-state index in [-0.39, 0.29) is 40.5 Å². The summed E-state index contributed by atoms with van der Waals surface area (Å²) in [5.41, 5.74) is 5.56. The second-order valence-corrected chi connectivity index (χ2v) is 9.24. The molecule has 0 heterocycles. The fraction of sp³-hybridized carbons (Fsp3) is 0.438. The van der Waals surface area contributed by atoms with Gasteiger partial charge < -0.3 is 36.4 Å². The summed E-state index contributed by atoms with van der Waals surface area (Å²) in [6, 6.07) is 0. The molecule has 0 bridgehead atoms. The predicted molar refractivity (Wildman–Crippen MR) is 129 cm³/mol. The van der Waals surface area contributed by atoms with Crippen LogP contribution >= 0.6 is 67.8 Å². The quantitative estimate of drug-likeness (QED) is 0.178. The lowest BCUT2D eigenvalue weighted by molar-refractivity contribution is 0.0518. The SMILES string of the molecule is CN(C[C@@H](O)CO)C(=O)c1c(I)c(C(N)=O)c(I)c(C(=O)NC[C@@H](O)CO)c1I. The van der Waals surface area contributed by atoms with Crippen LogP contribution in [0.25, 0.3) is 0 Å². The van der Waals surface area contributed by atoms with Crippen molar-refractivity contribution in [3.05, 3.63) is 27.4 Å². The zero-order valence-corrected chi connectivity index (χ0v) is 21.6. The summed E-state index contributed by atoms with van der Waals surface area (Å²) in [6.45, 7) is -1.48. The van der Waals surface area contributed by atoms with Crippen molar-refractivity contribution in [3.63, 3.8) is 0 Å². The van der Waals surface area contributed by atoms with E-state index in [0.29, 0.717) is 0 Å². The Hall–Kier alpha value is -0.340. The first-order valence-electron chi connectivity index (χ1n) is 8.09. The highest BCUT2D eigenvalue weighted by Crippen LogP contribution is 2.32. The van der Waals surface area contributed by atoms with Crippen LogP contribution in [-0.4, -0.2) is 88.6 Å². The molecule has 29 heavy (non-hydrogen) atoms. The highest BCUT2D eigenvalue weighted by molar-refractivity contribution is 14.1. The molecule has 3 amide bonds. The van der Waals surface area contributed by atoms with Gasteiger partial charge in [0.15, 0.2) is 0 Å². The molecule has 0 aliphatic rings. The van der Waals surface area contributed by atoms with Crippen molar-refractivity contribution >= 4 is 85.5 Å². The number of rotatable bonds is 9. The van der Waals surface area contributed by atoms with E-state index in [1.165, 1.54) is 7.05 Å². The minimum atomic E-state index is -1.17. The maximum atomic E-state index is 13.0. The molecule has 0 fully saturated rings. The third-order valence-electron chi connectivity index (χ3n) is 3.76. The van der Waals surface area contributed by atoms with Crippen molar-refractivity contribution in [3.8, 4) is 0 Å². The van der Waals surface area contributed by atoms with Crippen molar-refractivity contribution in [2.75, 3.05) is 33.4 Å². The van der Waals surface area contributed by atoms with E-state index < -0.39 is 43.1 Å². The van der Waals surface area contributed by atoms with Crippen molar-refractivity contribution in [2.45, 2.75) is 12.2 Å². The van der Waals surface area contributed by atoms with Gasteiger partial charge in [-0.25, -0.2) is 0 Å². The van der Waals surface area contributed by atoms with Gasteiger partial charge >= 0.3 is 0 Å². The topological polar surface area (TPSA) is 173 Å². The summed E-state index contributed by atoms with van der Waals surface area (Å²) in [6.07, 6.45) is -2.32. The lowest BCUT2D eigenvalue weighted by atomic mass is 10.0. The molecule has 13 heteroatoms. The van der Waals surface area contributed by atoms with Crippen LogP contribution in [0, 0.1) is 10.7 Å². The highest BCUT2D eigenvalue weighted by Gasteiger charge is 2.31. The van der Waals surface area contributed by atoms with E-state index in [1.54, 1.807) is 45.2 Å². The Morgan fingerprint density at radius 3 is 1.93 bits per heavy atom. The first kappa shape index (κ1) is 26.7. The van der Waals surface area contributed by atoms with E-state index in [2.05, 4.69) is 5.32 Å². The van der Waals surface area contributed by atoms with Crippen molar-refractivity contribution in [1.82, 2.24) is 10.2 Å². The Kier molecular flexibility index (Phi) is 10.9. The largest absolute Gasteiger partial charge is 0.394 e. The summed E-state index contributed by atoms with van der Waals surface area (Å²) in [7, 11) is 1.41. The minimum absolute atomic E-state index is 0.000991. The molecule has 1 aromatic carbocycles. The van der Waals surface area contributed by atoms with Gasteiger partial charge in [-0.2, -0.15) is 0 Å². The Balaban J connectivity index is 3.54. The van der Waals surface area contributed by atoms with Gasteiger partial charge in [0.25, 0.3) is 17.7 Å². The summed E-state index contributed by atoms with van der Waals surface area (Å²) < 4.78 is 0.758. The molecule has 0 aromatic heterocycles. The molecule has 0 radical (unpaired) electrons. The zero-order valence-electron chi connectivity index (χ0n) is 15.2. The Bertz CT molecular complexity index is 807. The fourth-order valence-electron chi connectivity index (χ4n) is 2.28. The normalized spacial score (nSPS) is 13.0. The first-order valence-corrected chi connectivity index (χ1v) is 11.3. The molecule has 0 spiro atoms. The number of nitrogens with two attached hydrogens (primary N) is 1. The lowest BCUT2D eigenvalue weighted by Gasteiger charge is -2.23. The molecular weight excluding hydrogens is 727 g/mol. The van der Waals surface area contributed by atoms with Gasteiger partial charge in [-0.3, -0.25) is 14.4 Å². The zero-order chi connectivity index (χ0) is 22.5. The monoisotopic (exact) mass is 747 g/mol. The van der Waals surface area contributed by atoms with Gasteiger partial charge in [0.2, 0.25) is 0 Å². The van der Waals surface area contributed by atoms with Crippen molar-refractivity contribution in [1.29, 1.82) is 0 Å². The standard InChI is InChI=1S/C16H20I3N3O7/c1-22(3-7(26)5-24)16(29)10-12(18)8(14(20)27)11(17)9(13(10)19)15(28)21-2-6(25)4-23/h6-7,23-26H,2-5H2,1H3,(H2,20,27)(H,21,28)/t6-,7-/m1/s1. The number of carbonyl (C=O) groups excluding carboxylic acids is 3. The molecule has 7 N–H and O–H groups in total. The number of hydrogen-bond donors (Lipinski definition) is 6. The third-order valence-corrected chi connectivity index (χ3v) is 6.99. The average molecular weight is 747 g/mol. The second kappa shape index (κ2) is 11.9. The molecule has 1 rings (SSSR count). The van der Waals surface area contributed by atoms with Crippen LogP contribution in [0.5, 0.6) is 0 Å². The van der Waals surface area contributed by atoms with Gasteiger partial charge in [-0.15, -0.1) is 0 Å². The van der Waals surface area contributed by atoms with Crippen LogP contribution in [0.2, 0.25) is 0 Å². The number of aliphatic hydroxyl groups excluding tert-OH is 4. The van der Waals surface area contributed by atoms with Crippen LogP contribution in [-0.2, 0) is 0 Å². The van der Waals surface area contributed by atoms with Crippen molar-refractivity contribution < 1.29 is 34.8 Å².